The SMILES string of the molecule is CC(C)CC(=O)N1CCN(c2ccc(NC(=O)C(F)(F)F)cc2)CC1. The number of nitrogens with zero attached hydrogens (tertiary/aromatic N) is 2. The molecule has 1 saturated heterocycles. The summed E-state index contributed by atoms with van der Waals surface area (Å²) < 4.78 is 36.7. The summed E-state index contributed by atoms with van der Waals surface area (Å²) in [6, 6.07) is 6.21. The molecule has 1 aromatic rings. The minimum atomic E-state index is -4.91. The zero-order chi connectivity index (χ0) is 18.6. The molecule has 0 unspecified atom stereocenters. The molecule has 0 aromatic heterocycles. The lowest BCUT2D eigenvalue weighted by Gasteiger charge is -2.36. The summed E-state index contributed by atoms with van der Waals surface area (Å²) >= 11 is 0. The molecule has 1 heterocycles. The standard InChI is InChI=1S/C17H22F3N3O2/c1-12(2)11-15(24)23-9-7-22(8-10-23)14-5-3-13(4-6-14)21-16(25)17(18,19)20/h3-6,12H,7-11H2,1-2H3,(H,21,25). The number of nitrogens with one attached hydrogen (secondary N) is 1. The van der Waals surface area contributed by atoms with Crippen LogP contribution in [0.3, 0.4) is 0 Å². The van der Waals surface area contributed by atoms with E-state index in [1.54, 1.807) is 12.1 Å². The van der Waals surface area contributed by atoms with Gasteiger partial charge in [0.2, 0.25) is 5.91 Å². The van der Waals surface area contributed by atoms with Gasteiger partial charge in [-0.25, -0.2) is 0 Å². The molecule has 0 atom stereocenters. The van der Waals surface area contributed by atoms with Gasteiger partial charge >= 0.3 is 12.1 Å². The second-order valence-electron chi connectivity index (χ2n) is 6.46. The molecule has 1 aliphatic rings. The van der Waals surface area contributed by atoms with Gasteiger partial charge < -0.3 is 15.1 Å². The van der Waals surface area contributed by atoms with Crippen molar-refractivity contribution >= 4 is 23.2 Å². The van der Waals surface area contributed by atoms with Gasteiger partial charge in [-0.2, -0.15) is 13.2 Å². The summed E-state index contributed by atoms with van der Waals surface area (Å²) in [5.41, 5.74) is 0.942. The van der Waals surface area contributed by atoms with E-state index in [9.17, 15) is 22.8 Å². The van der Waals surface area contributed by atoms with Gasteiger partial charge in [-0.05, 0) is 30.2 Å². The molecule has 25 heavy (non-hydrogen) atoms. The largest absolute Gasteiger partial charge is 0.471 e. The van der Waals surface area contributed by atoms with E-state index in [-0.39, 0.29) is 11.6 Å². The Morgan fingerprint density at radius 2 is 1.64 bits per heavy atom. The number of hydrogen-bond acceptors (Lipinski definition) is 3. The molecule has 0 saturated carbocycles. The molecule has 2 amide bonds. The highest BCUT2D eigenvalue weighted by Crippen LogP contribution is 2.22. The van der Waals surface area contributed by atoms with Crippen LogP contribution in [0.15, 0.2) is 24.3 Å². The van der Waals surface area contributed by atoms with Gasteiger partial charge in [0.1, 0.15) is 0 Å². The third-order valence-electron chi connectivity index (χ3n) is 3.96. The van der Waals surface area contributed by atoms with Crippen LogP contribution in [0.2, 0.25) is 0 Å². The summed E-state index contributed by atoms with van der Waals surface area (Å²) in [4.78, 5) is 26.9. The molecule has 0 radical (unpaired) electrons. The van der Waals surface area contributed by atoms with Crippen LogP contribution in [0, 0.1) is 5.92 Å². The van der Waals surface area contributed by atoms with Crippen molar-refractivity contribution in [3.8, 4) is 0 Å². The van der Waals surface area contributed by atoms with Crippen LogP contribution in [-0.2, 0) is 9.59 Å². The maximum atomic E-state index is 12.2. The van der Waals surface area contributed by atoms with Crippen LogP contribution in [0.25, 0.3) is 0 Å². The number of alkyl halides is 3. The van der Waals surface area contributed by atoms with Gasteiger partial charge in [0.25, 0.3) is 0 Å². The molecule has 0 spiro atoms. The number of carbonyl (C=O) groups is 2. The lowest BCUT2D eigenvalue weighted by Crippen LogP contribution is -2.49. The Labute approximate surface area is 144 Å². The molecule has 138 valence electrons. The molecule has 1 fully saturated rings. The second kappa shape index (κ2) is 7.76. The Morgan fingerprint density at radius 3 is 2.12 bits per heavy atom. The van der Waals surface area contributed by atoms with Crippen molar-refractivity contribution in [2.45, 2.75) is 26.4 Å². The van der Waals surface area contributed by atoms with E-state index >= 15 is 0 Å². The maximum Gasteiger partial charge on any atom is 0.471 e. The third-order valence-corrected chi connectivity index (χ3v) is 3.96. The molecule has 1 aliphatic heterocycles. The van der Waals surface area contributed by atoms with Crippen molar-refractivity contribution in [1.82, 2.24) is 4.90 Å². The summed E-state index contributed by atoms with van der Waals surface area (Å²) in [7, 11) is 0. The van der Waals surface area contributed by atoms with Crippen LogP contribution in [0.1, 0.15) is 20.3 Å². The Morgan fingerprint density at radius 1 is 1.08 bits per heavy atom. The zero-order valence-corrected chi connectivity index (χ0v) is 14.3. The Kier molecular flexibility index (Phi) is 5.92. The van der Waals surface area contributed by atoms with Crippen molar-refractivity contribution in [2.24, 2.45) is 5.92 Å². The second-order valence-corrected chi connectivity index (χ2v) is 6.46. The molecule has 5 nitrogen and oxygen atoms in total. The molecular weight excluding hydrogens is 335 g/mol. The van der Waals surface area contributed by atoms with Gasteiger partial charge in [0.05, 0.1) is 0 Å². The number of anilines is 2. The summed E-state index contributed by atoms with van der Waals surface area (Å²) in [5.74, 6) is -1.51. The lowest BCUT2D eigenvalue weighted by molar-refractivity contribution is -0.167. The number of halogens is 3. The number of piperazine rings is 1. The first kappa shape index (κ1) is 19.1. The fourth-order valence-corrected chi connectivity index (χ4v) is 2.65. The average Bonchev–Trinajstić information content (AvgIpc) is 2.54. The fourth-order valence-electron chi connectivity index (χ4n) is 2.65. The van der Waals surface area contributed by atoms with Crippen LogP contribution in [0.4, 0.5) is 24.5 Å². The lowest BCUT2D eigenvalue weighted by atomic mass is 10.1. The number of benzene rings is 1. The molecular formula is C17H22F3N3O2. The number of carbonyl (C=O) groups excluding carboxylic acids is 2. The highest BCUT2D eigenvalue weighted by atomic mass is 19.4. The first-order chi connectivity index (χ1) is 11.7. The number of rotatable bonds is 4. The van der Waals surface area contributed by atoms with E-state index in [4.69, 9.17) is 0 Å². The number of hydrogen-bond donors (Lipinski definition) is 1. The van der Waals surface area contributed by atoms with Crippen molar-refractivity contribution in [1.29, 1.82) is 0 Å². The average molecular weight is 357 g/mol. The Bertz CT molecular complexity index is 607. The monoisotopic (exact) mass is 357 g/mol. The minimum Gasteiger partial charge on any atom is -0.368 e. The Balaban J connectivity index is 1.89. The summed E-state index contributed by atoms with van der Waals surface area (Å²) in [6.07, 6.45) is -4.37. The van der Waals surface area contributed by atoms with Gasteiger partial charge in [0.15, 0.2) is 0 Å². The summed E-state index contributed by atoms with van der Waals surface area (Å²) in [5, 5.41) is 1.82. The van der Waals surface area contributed by atoms with Crippen molar-refractivity contribution in [3.63, 3.8) is 0 Å². The van der Waals surface area contributed by atoms with Crippen molar-refractivity contribution in [3.05, 3.63) is 24.3 Å². The predicted octanol–water partition coefficient (Wildman–Crippen LogP) is 2.88. The molecule has 1 N–H and O–H groups in total. The first-order valence-electron chi connectivity index (χ1n) is 8.18. The van der Waals surface area contributed by atoms with Gasteiger partial charge in [0, 0.05) is 44.0 Å². The van der Waals surface area contributed by atoms with Crippen LogP contribution >= 0.6 is 0 Å². The van der Waals surface area contributed by atoms with E-state index in [0.29, 0.717) is 38.5 Å². The van der Waals surface area contributed by atoms with Crippen LogP contribution in [-0.4, -0.2) is 49.1 Å². The predicted molar refractivity (Wildman–Crippen MR) is 89.4 cm³/mol. The van der Waals surface area contributed by atoms with Crippen LogP contribution in [0.5, 0.6) is 0 Å². The van der Waals surface area contributed by atoms with E-state index < -0.39 is 12.1 Å². The van der Waals surface area contributed by atoms with Crippen molar-refractivity contribution in [2.75, 3.05) is 36.4 Å². The van der Waals surface area contributed by atoms with E-state index in [1.165, 1.54) is 12.1 Å². The van der Waals surface area contributed by atoms with Crippen molar-refractivity contribution < 1.29 is 22.8 Å². The van der Waals surface area contributed by atoms with Gasteiger partial charge in [-0.15, -0.1) is 0 Å². The fraction of sp³-hybridized carbons (Fsp3) is 0.529. The molecule has 0 bridgehead atoms. The first-order valence-corrected chi connectivity index (χ1v) is 8.18. The van der Waals surface area contributed by atoms with Gasteiger partial charge in [-0.3, -0.25) is 9.59 Å². The normalized spacial score (nSPS) is 15.4. The zero-order valence-electron chi connectivity index (χ0n) is 14.3. The molecule has 2 rings (SSSR count). The highest BCUT2D eigenvalue weighted by molar-refractivity contribution is 5.95. The van der Waals surface area contributed by atoms with E-state index in [2.05, 4.69) is 4.90 Å². The van der Waals surface area contributed by atoms with E-state index in [1.807, 2.05) is 24.1 Å². The molecule has 0 aliphatic carbocycles. The summed E-state index contributed by atoms with van der Waals surface area (Å²) in [6.45, 7) is 6.59. The molecule has 1 aromatic carbocycles. The van der Waals surface area contributed by atoms with Crippen LogP contribution < -0.4 is 10.2 Å². The quantitative estimate of drug-likeness (QED) is 0.902. The Hall–Kier alpha value is -2.25. The number of amides is 2. The highest BCUT2D eigenvalue weighted by Gasteiger charge is 2.38. The smallest absolute Gasteiger partial charge is 0.368 e. The molecule has 8 heteroatoms. The topological polar surface area (TPSA) is 52.7 Å². The van der Waals surface area contributed by atoms with E-state index in [0.717, 1.165) is 5.69 Å². The minimum absolute atomic E-state index is 0.0943. The maximum absolute atomic E-state index is 12.2. The third kappa shape index (κ3) is 5.37. The van der Waals surface area contributed by atoms with Gasteiger partial charge in [-0.1, -0.05) is 13.8 Å².